The van der Waals surface area contributed by atoms with Gasteiger partial charge >= 0.3 is 0 Å². The third-order valence-electron chi connectivity index (χ3n) is 2.87. The molecule has 0 fully saturated rings. The van der Waals surface area contributed by atoms with E-state index in [2.05, 4.69) is 5.32 Å². The third-order valence-corrected chi connectivity index (χ3v) is 2.87. The summed E-state index contributed by atoms with van der Waals surface area (Å²) in [5.74, 6) is -0.390. The maximum absolute atomic E-state index is 13.0. The number of carbonyl (C=O) groups excluding carboxylic acids is 1. The number of carbonyl (C=O) groups is 1. The molecular formula is C16H14FN3O2. The number of rotatable bonds is 5. The minimum Gasteiger partial charge on any atom is -0.492 e. The van der Waals surface area contributed by atoms with E-state index >= 15 is 0 Å². The topological polar surface area (TPSA) is 88.1 Å². The van der Waals surface area contributed by atoms with E-state index in [4.69, 9.17) is 15.7 Å². The molecule has 2 rings (SSSR count). The van der Waals surface area contributed by atoms with Crippen molar-refractivity contribution < 1.29 is 13.9 Å². The Bertz CT molecular complexity index is 726. The maximum Gasteiger partial charge on any atom is 0.227 e. The molecule has 0 saturated heterocycles. The smallest absolute Gasteiger partial charge is 0.227 e. The highest BCUT2D eigenvalue weighted by molar-refractivity contribution is 5.91. The zero-order valence-corrected chi connectivity index (χ0v) is 11.7. The molecule has 0 aliphatic carbocycles. The summed E-state index contributed by atoms with van der Waals surface area (Å²) in [6.07, 6.45) is 0.0943. The lowest BCUT2D eigenvalue weighted by Crippen LogP contribution is -2.15. The number of nitriles is 1. The first-order chi connectivity index (χ1) is 10.6. The van der Waals surface area contributed by atoms with Gasteiger partial charge in [-0.3, -0.25) is 4.79 Å². The van der Waals surface area contributed by atoms with Crippen molar-refractivity contribution in [2.24, 2.45) is 0 Å². The standard InChI is InChI=1S/C16H14FN3O2/c17-13-6-5-12(9-14(13)19)20-16(21)7-8-22-15-4-2-1-3-11(15)10-18/h1-6,9H,7-8,19H2,(H,20,21). The van der Waals surface area contributed by atoms with Crippen molar-refractivity contribution in [3.8, 4) is 11.8 Å². The molecule has 0 aromatic heterocycles. The normalized spacial score (nSPS) is 9.82. The van der Waals surface area contributed by atoms with Crippen LogP contribution in [-0.4, -0.2) is 12.5 Å². The van der Waals surface area contributed by atoms with Gasteiger partial charge in [0.2, 0.25) is 5.91 Å². The van der Waals surface area contributed by atoms with Crippen LogP contribution in [-0.2, 0) is 4.79 Å². The number of ether oxygens (including phenoxy) is 1. The maximum atomic E-state index is 13.0. The summed E-state index contributed by atoms with van der Waals surface area (Å²) in [7, 11) is 0. The van der Waals surface area contributed by atoms with Crippen LogP contribution in [0.25, 0.3) is 0 Å². The Morgan fingerprint density at radius 3 is 2.82 bits per heavy atom. The van der Waals surface area contributed by atoms with Crippen LogP contribution in [0.2, 0.25) is 0 Å². The van der Waals surface area contributed by atoms with E-state index in [1.807, 2.05) is 6.07 Å². The Morgan fingerprint density at radius 1 is 1.32 bits per heavy atom. The minimum atomic E-state index is -0.533. The number of hydrogen-bond acceptors (Lipinski definition) is 4. The van der Waals surface area contributed by atoms with E-state index in [1.54, 1.807) is 24.3 Å². The molecule has 0 atom stereocenters. The zero-order chi connectivity index (χ0) is 15.9. The van der Waals surface area contributed by atoms with Crippen molar-refractivity contribution in [1.82, 2.24) is 0 Å². The highest BCUT2D eigenvalue weighted by Gasteiger charge is 2.07. The Balaban J connectivity index is 1.85. The Kier molecular flexibility index (Phi) is 4.94. The Labute approximate surface area is 127 Å². The van der Waals surface area contributed by atoms with Crippen LogP contribution in [0.4, 0.5) is 15.8 Å². The molecule has 0 saturated carbocycles. The van der Waals surface area contributed by atoms with Gasteiger partial charge in [0.15, 0.2) is 0 Å². The number of nitrogens with two attached hydrogens (primary N) is 1. The SMILES string of the molecule is N#Cc1ccccc1OCCC(=O)Nc1ccc(F)c(N)c1. The number of nitrogens with one attached hydrogen (secondary N) is 1. The summed E-state index contributed by atoms with van der Waals surface area (Å²) in [4.78, 5) is 11.8. The van der Waals surface area contributed by atoms with Crippen molar-refractivity contribution in [1.29, 1.82) is 5.26 Å². The highest BCUT2D eigenvalue weighted by Crippen LogP contribution is 2.18. The molecule has 6 heteroatoms. The van der Waals surface area contributed by atoms with Crippen LogP contribution < -0.4 is 15.8 Å². The molecule has 2 aromatic carbocycles. The quantitative estimate of drug-likeness (QED) is 0.831. The second-order valence-corrected chi connectivity index (χ2v) is 4.49. The van der Waals surface area contributed by atoms with E-state index in [9.17, 15) is 9.18 Å². The molecule has 1 amide bonds. The highest BCUT2D eigenvalue weighted by atomic mass is 19.1. The third kappa shape index (κ3) is 3.96. The van der Waals surface area contributed by atoms with Gasteiger partial charge < -0.3 is 15.8 Å². The van der Waals surface area contributed by atoms with Crippen molar-refractivity contribution in [3.63, 3.8) is 0 Å². The van der Waals surface area contributed by atoms with Crippen LogP contribution >= 0.6 is 0 Å². The molecule has 22 heavy (non-hydrogen) atoms. The summed E-state index contributed by atoms with van der Waals surface area (Å²) in [5, 5.41) is 11.5. The van der Waals surface area contributed by atoms with Gasteiger partial charge in [0.25, 0.3) is 0 Å². The molecule has 0 radical (unpaired) electrons. The average Bonchev–Trinajstić information content (AvgIpc) is 2.51. The van der Waals surface area contributed by atoms with Crippen molar-refractivity contribution in [2.45, 2.75) is 6.42 Å². The summed E-state index contributed by atoms with van der Waals surface area (Å²) >= 11 is 0. The van der Waals surface area contributed by atoms with E-state index in [-0.39, 0.29) is 24.6 Å². The molecular weight excluding hydrogens is 285 g/mol. The van der Waals surface area contributed by atoms with E-state index in [1.165, 1.54) is 18.2 Å². The van der Waals surface area contributed by atoms with Crippen LogP contribution in [0.5, 0.6) is 5.75 Å². The van der Waals surface area contributed by atoms with Crippen LogP contribution in [0.15, 0.2) is 42.5 Å². The molecule has 0 unspecified atom stereocenters. The van der Waals surface area contributed by atoms with Gasteiger partial charge in [0, 0.05) is 5.69 Å². The molecule has 0 aliphatic heterocycles. The molecule has 0 spiro atoms. The number of amides is 1. The van der Waals surface area contributed by atoms with E-state index in [0.717, 1.165) is 0 Å². The second kappa shape index (κ2) is 7.09. The fraction of sp³-hybridized carbons (Fsp3) is 0.125. The lowest BCUT2D eigenvalue weighted by Gasteiger charge is -2.09. The minimum absolute atomic E-state index is 0.0306. The first kappa shape index (κ1) is 15.3. The molecule has 0 aliphatic rings. The molecule has 0 bridgehead atoms. The predicted octanol–water partition coefficient (Wildman–Crippen LogP) is 2.69. The number of hydrogen-bond donors (Lipinski definition) is 2. The lowest BCUT2D eigenvalue weighted by molar-refractivity contribution is -0.116. The van der Waals surface area contributed by atoms with Gasteiger partial charge in [0.05, 0.1) is 24.3 Å². The van der Waals surface area contributed by atoms with Gasteiger partial charge in [0.1, 0.15) is 17.6 Å². The number of nitrogens with zero attached hydrogens (tertiary/aromatic N) is 1. The van der Waals surface area contributed by atoms with E-state index < -0.39 is 5.82 Å². The summed E-state index contributed by atoms with van der Waals surface area (Å²) < 4.78 is 18.4. The molecule has 3 N–H and O–H groups in total. The van der Waals surface area contributed by atoms with E-state index in [0.29, 0.717) is 17.0 Å². The number of para-hydroxylation sites is 1. The summed E-state index contributed by atoms with van der Waals surface area (Å²) in [6, 6.07) is 12.7. The predicted molar refractivity (Wildman–Crippen MR) is 80.7 cm³/mol. The molecule has 2 aromatic rings. The molecule has 0 heterocycles. The number of anilines is 2. The monoisotopic (exact) mass is 299 g/mol. The van der Waals surface area contributed by atoms with Gasteiger partial charge in [-0.2, -0.15) is 5.26 Å². The first-order valence-corrected chi connectivity index (χ1v) is 6.57. The van der Waals surface area contributed by atoms with Gasteiger partial charge in [-0.05, 0) is 30.3 Å². The summed E-state index contributed by atoms with van der Waals surface area (Å²) in [5.41, 5.74) is 6.22. The second-order valence-electron chi connectivity index (χ2n) is 4.49. The largest absolute Gasteiger partial charge is 0.492 e. The van der Waals surface area contributed by atoms with Crippen LogP contribution in [0.3, 0.4) is 0 Å². The Morgan fingerprint density at radius 2 is 2.09 bits per heavy atom. The van der Waals surface area contributed by atoms with Gasteiger partial charge in [-0.15, -0.1) is 0 Å². The van der Waals surface area contributed by atoms with Crippen molar-refractivity contribution in [2.75, 3.05) is 17.7 Å². The molecule has 5 nitrogen and oxygen atoms in total. The van der Waals surface area contributed by atoms with Crippen molar-refractivity contribution >= 4 is 17.3 Å². The van der Waals surface area contributed by atoms with Crippen molar-refractivity contribution in [3.05, 3.63) is 53.8 Å². The lowest BCUT2D eigenvalue weighted by atomic mass is 10.2. The summed E-state index contributed by atoms with van der Waals surface area (Å²) in [6.45, 7) is 0.126. The van der Waals surface area contributed by atoms with Gasteiger partial charge in [-0.1, -0.05) is 12.1 Å². The fourth-order valence-corrected chi connectivity index (χ4v) is 1.78. The van der Waals surface area contributed by atoms with Gasteiger partial charge in [-0.25, -0.2) is 4.39 Å². The molecule has 112 valence electrons. The number of nitrogen functional groups attached to an aromatic ring is 1. The number of halogens is 1. The first-order valence-electron chi connectivity index (χ1n) is 6.57. The van der Waals surface area contributed by atoms with Crippen LogP contribution in [0.1, 0.15) is 12.0 Å². The number of benzene rings is 2. The Hall–Kier alpha value is -3.07. The zero-order valence-electron chi connectivity index (χ0n) is 11.7. The van der Waals surface area contributed by atoms with Crippen LogP contribution in [0, 0.1) is 17.1 Å². The fourth-order valence-electron chi connectivity index (χ4n) is 1.78. The average molecular weight is 299 g/mol.